The van der Waals surface area contributed by atoms with Crippen molar-refractivity contribution in [3.63, 3.8) is 0 Å². The molecule has 1 aliphatic rings. The smallest absolute Gasteiger partial charge is 0.243 e. The first kappa shape index (κ1) is 27.4. The van der Waals surface area contributed by atoms with Gasteiger partial charge in [0.15, 0.2) is 0 Å². The minimum Gasteiger partial charge on any atom is -0.352 e. The van der Waals surface area contributed by atoms with Gasteiger partial charge in [0, 0.05) is 29.2 Å². The Morgan fingerprint density at radius 2 is 1.57 bits per heavy atom. The Morgan fingerprint density at radius 1 is 0.919 bits per heavy atom. The average Bonchev–Trinajstić information content (AvgIpc) is 3.42. The SMILES string of the molecule is O=C(NC1CCCC1)[C@@H](Cc1ccccc1)N(Cc1ccc(F)cc1)C(=O)CSCc1ccc(Br)cc1. The first-order valence-electron chi connectivity index (χ1n) is 12.7. The number of hydrogen-bond donors (Lipinski definition) is 1. The van der Waals surface area contributed by atoms with Crippen molar-refractivity contribution in [2.45, 2.75) is 56.5 Å². The number of thioether (sulfide) groups is 1. The predicted octanol–water partition coefficient (Wildman–Crippen LogP) is 6.52. The molecule has 4 nitrogen and oxygen atoms in total. The number of rotatable bonds is 11. The summed E-state index contributed by atoms with van der Waals surface area (Å²) in [6, 6.07) is 23.5. The lowest BCUT2D eigenvalue weighted by Gasteiger charge is -2.32. The van der Waals surface area contributed by atoms with E-state index in [0.717, 1.165) is 46.8 Å². The molecule has 37 heavy (non-hydrogen) atoms. The molecule has 1 atom stereocenters. The lowest BCUT2D eigenvalue weighted by Crippen LogP contribution is -2.52. The number of nitrogens with zero attached hydrogens (tertiary/aromatic N) is 1. The van der Waals surface area contributed by atoms with E-state index in [1.807, 2.05) is 54.6 Å². The summed E-state index contributed by atoms with van der Waals surface area (Å²) in [6.45, 7) is 0.244. The van der Waals surface area contributed by atoms with Crippen LogP contribution in [0.5, 0.6) is 0 Å². The quantitative estimate of drug-likeness (QED) is 0.280. The number of carbonyl (C=O) groups is 2. The van der Waals surface area contributed by atoms with Crippen LogP contribution >= 0.6 is 27.7 Å². The summed E-state index contributed by atoms with van der Waals surface area (Å²) in [6.07, 6.45) is 4.58. The predicted molar refractivity (Wildman–Crippen MR) is 152 cm³/mol. The highest BCUT2D eigenvalue weighted by atomic mass is 79.9. The zero-order valence-electron chi connectivity index (χ0n) is 20.7. The normalized spacial score (nSPS) is 14.3. The first-order chi connectivity index (χ1) is 18.0. The molecule has 0 bridgehead atoms. The van der Waals surface area contributed by atoms with Crippen LogP contribution in [0, 0.1) is 5.82 Å². The van der Waals surface area contributed by atoms with Gasteiger partial charge < -0.3 is 10.2 Å². The van der Waals surface area contributed by atoms with Gasteiger partial charge in [-0.2, -0.15) is 0 Å². The van der Waals surface area contributed by atoms with Crippen molar-refractivity contribution >= 4 is 39.5 Å². The van der Waals surface area contributed by atoms with Gasteiger partial charge in [0.1, 0.15) is 11.9 Å². The van der Waals surface area contributed by atoms with Crippen molar-refractivity contribution in [2.24, 2.45) is 0 Å². The number of carbonyl (C=O) groups excluding carboxylic acids is 2. The molecule has 1 N–H and O–H groups in total. The fourth-order valence-electron chi connectivity index (χ4n) is 4.63. The molecule has 3 aromatic rings. The Bertz CT molecular complexity index is 1150. The van der Waals surface area contributed by atoms with Gasteiger partial charge in [0.2, 0.25) is 11.8 Å². The minimum absolute atomic E-state index is 0.103. The largest absolute Gasteiger partial charge is 0.352 e. The summed E-state index contributed by atoms with van der Waals surface area (Å²) in [5.74, 6) is 0.393. The lowest BCUT2D eigenvalue weighted by atomic mass is 10.0. The third kappa shape index (κ3) is 8.44. The zero-order chi connectivity index (χ0) is 26.0. The van der Waals surface area contributed by atoms with Gasteiger partial charge in [-0.15, -0.1) is 11.8 Å². The monoisotopic (exact) mass is 582 g/mol. The first-order valence-corrected chi connectivity index (χ1v) is 14.6. The van der Waals surface area contributed by atoms with Crippen molar-refractivity contribution in [1.82, 2.24) is 10.2 Å². The molecule has 4 rings (SSSR count). The van der Waals surface area contributed by atoms with Gasteiger partial charge in [-0.05, 0) is 53.8 Å². The molecule has 0 radical (unpaired) electrons. The molecule has 0 saturated heterocycles. The summed E-state index contributed by atoms with van der Waals surface area (Å²) >= 11 is 4.98. The average molecular weight is 584 g/mol. The molecule has 0 unspecified atom stereocenters. The second-order valence-corrected chi connectivity index (χ2v) is 11.4. The number of amides is 2. The summed E-state index contributed by atoms with van der Waals surface area (Å²) < 4.78 is 14.6. The van der Waals surface area contributed by atoms with Crippen LogP contribution in [0.4, 0.5) is 4.39 Å². The summed E-state index contributed by atoms with van der Waals surface area (Å²) in [7, 11) is 0. The van der Waals surface area contributed by atoms with Crippen LogP contribution < -0.4 is 5.32 Å². The Morgan fingerprint density at radius 3 is 2.24 bits per heavy atom. The highest BCUT2D eigenvalue weighted by Gasteiger charge is 2.32. The Hall–Kier alpha value is -2.64. The molecular formula is C30H32BrFN2O2S. The number of halogens is 2. The molecule has 1 fully saturated rings. The van der Waals surface area contributed by atoms with Crippen LogP contribution in [0.25, 0.3) is 0 Å². The number of nitrogens with one attached hydrogen (secondary N) is 1. The number of benzene rings is 3. The van der Waals surface area contributed by atoms with Crippen LogP contribution in [0.2, 0.25) is 0 Å². The van der Waals surface area contributed by atoms with E-state index in [4.69, 9.17) is 0 Å². The van der Waals surface area contributed by atoms with E-state index in [0.29, 0.717) is 12.2 Å². The second-order valence-electron chi connectivity index (χ2n) is 9.46. The summed E-state index contributed by atoms with van der Waals surface area (Å²) in [5, 5.41) is 3.21. The fourth-order valence-corrected chi connectivity index (χ4v) is 5.76. The molecule has 0 aromatic heterocycles. The van der Waals surface area contributed by atoms with Gasteiger partial charge in [0.25, 0.3) is 0 Å². The van der Waals surface area contributed by atoms with Crippen LogP contribution in [-0.4, -0.2) is 34.6 Å². The topological polar surface area (TPSA) is 49.4 Å². The third-order valence-corrected chi connectivity index (χ3v) is 8.16. The standard InChI is InChI=1S/C30H32BrFN2O2S/c31-25-14-10-24(11-15-25)20-37-21-29(35)34(19-23-12-16-26(32)17-13-23)28(18-22-6-2-1-3-7-22)30(36)33-27-8-4-5-9-27/h1-3,6-7,10-17,27-28H,4-5,8-9,18-21H2,(H,33,36)/t28-/m1/s1. The van der Waals surface area contributed by atoms with E-state index in [1.165, 1.54) is 23.9 Å². The van der Waals surface area contributed by atoms with E-state index < -0.39 is 6.04 Å². The summed E-state index contributed by atoms with van der Waals surface area (Å²) in [5.41, 5.74) is 2.92. The van der Waals surface area contributed by atoms with Gasteiger partial charge in [-0.1, -0.05) is 83.4 Å². The number of hydrogen-bond acceptors (Lipinski definition) is 3. The lowest BCUT2D eigenvalue weighted by molar-refractivity contribution is -0.139. The fraction of sp³-hybridized carbons (Fsp3) is 0.333. The molecule has 0 aliphatic heterocycles. The van der Waals surface area contributed by atoms with Crippen LogP contribution in [0.1, 0.15) is 42.4 Å². The van der Waals surface area contributed by atoms with Crippen molar-refractivity contribution in [1.29, 1.82) is 0 Å². The van der Waals surface area contributed by atoms with Crippen molar-refractivity contribution in [2.75, 3.05) is 5.75 Å². The van der Waals surface area contributed by atoms with Crippen LogP contribution in [-0.2, 0) is 28.3 Å². The Balaban J connectivity index is 1.55. The maximum absolute atomic E-state index is 13.7. The van der Waals surface area contributed by atoms with Gasteiger partial charge in [-0.25, -0.2) is 4.39 Å². The van der Waals surface area contributed by atoms with E-state index in [2.05, 4.69) is 21.2 Å². The van der Waals surface area contributed by atoms with E-state index in [9.17, 15) is 14.0 Å². The molecule has 3 aromatic carbocycles. The molecular weight excluding hydrogens is 551 g/mol. The second kappa shape index (κ2) is 13.8. The van der Waals surface area contributed by atoms with Crippen molar-refractivity contribution in [3.05, 3.63) is 106 Å². The molecule has 7 heteroatoms. The maximum Gasteiger partial charge on any atom is 0.243 e. The van der Waals surface area contributed by atoms with Gasteiger partial charge in [0.05, 0.1) is 5.75 Å². The highest BCUT2D eigenvalue weighted by molar-refractivity contribution is 9.10. The zero-order valence-corrected chi connectivity index (χ0v) is 23.1. The molecule has 2 amide bonds. The van der Waals surface area contributed by atoms with E-state index >= 15 is 0 Å². The Labute approximate surface area is 231 Å². The van der Waals surface area contributed by atoms with Crippen molar-refractivity contribution in [3.8, 4) is 0 Å². The van der Waals surface area contributed by atoms with Gasteiger partial charge in [-0.3, -0.25) is 9.59 Å². The third-order valence-electron chi connectivity index (χ3n) is 6.65. The molecule has 1 saturated carbocycles. The maximum atomic E-state index is 13.7. The molecule has 0 heterocycles. The Kier molecular flexibility index (Phi) is 10.2. The highest BCUT2D eigenvalue weighted by Crippen LogP contribution is 2.22. The van der Waals surface area contributed by atoms with Crippen LogP contribution in [0.3, 0.4) is 0 Å². The van der Waals surface area contributed by atoms with E-state index in [1.54, 1.807) is 17.0 Å². The summed E-state index contributed by atoms with van der Waals surface area (Å²) in [4.78, 5) is 29.0. The van der Waals surface area contributed by atoms with E-state index in [-0.39, 0.29) is 36.0 Å². The molecule has 194 valence electrons. The molecule has 0 spiro atoms. The van der Waals surface area contributed by atoms with Crippen molar-refractivity contribution < 1.29 is 14.0 Å². The minimum atomic E-state index is -0.658. The molecule has 1 aliphatic carbocycles. The van der Waals surface area contributed by atoms with Gasteiger partial charge >= 0.3 is 0 Å². The van der Waals surface area contributed by atoms with Crippen LogP contribution in [0.15, 0.2) is 83.3 Å².